The van der Waals surface area contributed by atoms with Crippen LogP contribution in [0.2, 0.25) is 0 Å². The number of aromatic nitrogens is 1. The van der Waals surface area contributed by atoms with Gasteiger partial charge in [0.05, 0.1) is 17.7 Å². The van der Waals surface area contributed by atoms with Crippen LogP contribution >= 0.6 is 0 Å². The van der Waals surface area contributed by atoms with Crippen molar-refractivity contribution < 1.29 is 22.4 Å². The van der Waals surface area contributed by atoms with Crippen LogP contribution in [0.3, 0.4) is 0 Å². The van der Waals surface area contributed by atoms with Gasteiger partial charge in [0.1, 0.15) is 5.76 Å². The molecule has 0 saturated carbocycles. The molecule has 2 amide bonds. The molecule has 0 spiro atoms. The van der Waals surface area contributed by atoms with Gasteiger partial charge < -0.3 is 15.1 Å². The highest BCUT2D eigenvalue weighted by Crippen LogP contribution is 2.12. The number of benzene rings is 1. The second-order valence-electron chi connectivity index (χ2n) is 6.57. The fourth-order valence-electron chi connectivity index (χ4n) is 2.63. The molecule has 10 heteroatoms. The van der Waals surface area contributed by atoms with Crippen LogP contribution in [0.5, 0.6) is 0 Å². The fourth-order valence-corrected chi connectivity index (χ4v) is 3.62. The number of hydrogen-bond donors (Lipinski definition) is 3. The standard InChI is InChI=1S/C21H22N4O5S/c26-20(24-14-16-7-10-22-11-8-16)9-12-23-21(27)17-3-5-19(6-4-17)31(28,29)25-15-18-2-1-13-30-18/h1-8,10-11,13,25H,9,12,14-15H2,(H,23,27)(H,24,26). The molecule has 9 nitrogen and oxygen atoms in total. The van der Waals surface area contributed by atoms with Gasteiger partial charge in [-0.2, -0.15) is 0 Å². The molecule has 2 aromatic heterocycles. The van der Waals surface area contributed by atoms with E-state index in [-0.39, 0.29) is 30.3 Å². The summed E-state index contributed by atoms with van der Waals surface area (Å²) < 4.78 is 32.2. The van der Waals surface area contributed by atoms with Crippen molar-refractivity contribution in [1.29, 1.82) is 0 Å². The van der Waals surface area contributed by atoms with Gasteiger partial charge in [0.25, 0.3) is 5.91 Å². The maximum Gasteiger partial charge on any atom is 0.251 e. The first-order chi connectivity index (χ1) is 14.9. The molecule has 162 valence electrons. The minimum atomic E-state index is -3.73. The zero-order valence-corrected chi connectivity index (χ0v) is 17.4. The van der Waals surface area contributed by atoms with Crippen LogP contribution in [-0.4, -0.2) is 31.8 Å². The van der Waals surface area contributed by atoms with E-state index in [2.05, 4.69) is 20.3 Å². The monoisotopic (exact) mass is 442 g/mol. The molecule has 3 N–H and O–H groups in total. The summed E-state index contributed by atoms with van der Waals surface area (Å²) in [6, 6.07) is 12.5. The Kier molecular flexibility index (Phi) is 7.52. The SMILES string of the molecule is O=C(CCNC(=O)c1ccc(S(=O)(=O)NCc2ccco2)cc1)NCc1ccncc1. The lowest BCUT2D eigenvalue weighted by Crippen LogP contribution is -2.30. The molecule has 2 heterocycles. The molecular formula is C21H22N4O5S. The molecule has 0 radical (unpaired) electrons. The topological polar surface area (TPSA) is 130 Å². The average molecular weight is 442 g/mol. The smallest absolute Gasteiger partial charge is 0.251 e. The summed E-state index contributed by atoms with van der Waals surface area (Å²) >= 11 is 0. The highest BCUT2D eigenvalue weighted by Gasteiger charge is 2.15. The van der Waals surface area contributed by atoms with Crippen molar-refractivity contribution in [2.24, 2.45) is 0 Å². The van der Waals surface area contributed by atoms with Crippen LogP contribution in [0.15, 0.2) is 76.5 Å². The van der Waals surface area contributed by atoms with Gasteiger partial charge in [-0.3, -0.25) is 14.6 Å². The Hall–Kier alpha value is -3.50. The van der Waals surface area contributed by atoms with Crippen LogP contribution in [0.25, 0.3) is 0 Å². The lowest BCUT2D eigenvalue weighted by atomic mass is 10.2. The fraction of sp³-hybridized carbons (Fsp3) is 0.190. The van der Waals surface area contributed by atoms with Gasteiger partial charge in [-0.25, -0.2) is 13.1 Å². The van der Waals surface area contributed by atoms with E-state index < -0.39 is 15.9 Å². The maximum absolute atomic E-state index is 12.3. The predicted molar refractivity (Wildman–Crippen MR) is 112 cm³/mol. The zero-order chi connectivity index (χ0) is 22.1. The van der Waals surface area contributed by atoms with E-state index in [1.54, 1.807) is 36.7 Å². The second-order valence-corrected chi connectivity index (χ2v) is 8.33. The highest BCUT2D eigenvalue weighted by atomic mass is 32.2. The Morgan fingerprint density at radius 3 is 2.35 bits per heavy atom. The van der Waals surface area contributed by atoms with Crippen molar-refractivity contribution in [1.82, 2.24) is 20.3 Å². The Morgan fingerprint density at radius 1 is 0.935 bits per heavy atom. The third-order valence-corrected chi connectivity index (χ3v) is 5.74. The lowest BCUT2D eigenvalue weighted by Gasteiger charge is -2.08. The van der Waals surface area contributed by atoms with E-state index in [0.717, 1.165) is 5.56 Å². The molecule has 0 fully saturated rings. The number of nitrogens with zero attached hydrogens (tertiary/aromatic N) is 1. The molecule has 0 aliphatic heterocycles. The van der Waals surface area contributed by atoms with Crippen molar-refractivity contribution >= 4 is 21.8 Å². The molecule has 0 aliphatic rings. The largest absolute Gasteiger partial charge is 0.468 e. The average Bonchev–Trinajstić information content (AvgIpc) is 3.31. The van der Waals surface area contributed by atoms with Crippen molar-refractivity contribution in [3.63, 3.8) is 0 Å². The normalized spacial score (nSPS) is 11.1. The summed E-state index contributed by atoms with van der Waals surface area (Å²) in [5, 5.41) is 5.40. The number of amides is 2. The van der Waals surface area contributed by atoms with Gasteiger partial charge in [0, 0.05) is 37.5 Å². The molecule has 3 aromatic rings. The molecule has 3 rings (SSSR count). The Labute approximate surface area is 179 Å². The summed E-state index contributed by atoms with van der Waals surface area (Å²) in [4.78, 5) is 28.0. The highest BCUT2D eigenvalue weighted by molar-refractivity contribution is 7.89. The third-order valence-electron chi connectivity index (χ3n) is 4.32. The third kappa shape index (κ3) is 6.76. The molecular weight excluding hydrogens is 420 g/mol. The van der Waals surface area contributed by atoms with E-state index in [0.29, 0.717) is 17.9 Å². The molecule has 1 aromatic carbocycles. The number of nitrogens with one attached hydrogen (secondary N) is 3. The van der Waals surface area contributed by atoms with Gasteiger partial charge >= 0.3 is 0 Å². The summed E-state index contributed by atoms with van der Waals surface area (Å²) in [7, 11) is -3.73. The number of carbonyl (C=O) groups excluding carboxylic acids is 2. The van der Waals surface area contributed by atoms with E-state index >= 15 is 0 Å². The Bertz CT molecular complexity index is 1100. The number of carbonyl (C=O) groups is 2. The predicted octanol–water partition coefficient (Wildman–Crippen LogP) is 1.59. The minimum Gasteiger partial charge on any atom is -0.468 e. The first-order valence-corrected chi connectivity index (χ1v) is 11.0. The first-order valence-electron chi connectivity index (χ1n) is 9.50. The molecule has 0 unspecified atom stereocenters. The van der Waals surface area contributed by atoms with Crippen LogP contribution in [0.1, 0.15) is 28.1 Å². The van der Waals surface area contributed by atoms with E-state index in [9.17, 15) is 18.0 Å². The van der Waals surface area contributed by atoms with Gasteiger partial charge in [-0.1, -0.05) is 0 Å². The second kappa shape index (κ2) is 10.5. The number of sulfonamides is 1. The van der Waals surface area contributed by atoms with Gasteiger partial charge in [-0.15, -0.1) is 0 Å². The van der Waals surface area contributed by atoms with Crippen LogP contribution in [0.4, 0.5) is 0 Å². The number of furan rings is 1. The minimum absolute atomic E-state index is 0.0286. The Balaban J connectivity index is 1.43. The number of rotatable bonds is 10. The summed E-state index contributed by atoms with van der Waals surface area (Å²) in [6.45, 7) is 0.575. The number of pyridine rings is 1. The molecule has 0 bridgehead atoms. The molecule has 0 saturated heterocycles. The zero-order valence-electron chi connectivity index (χ0n) is 16.6. The van der Waals surface area contributed by atoms with E-state index in [1.165, 1.54) is 30.5 Å². The first kappa shape index (κ1) is 22.2. The van der Waals surface area contributed by atoms with Crippen molar-refractivity contribution in [2.45, 2.75) is 24.4 Å². The van der Waals surface area contributed by atoms with E-state index in [4.69, 9.17) is 4.42 Å². The van der Waals surface area contributed by atoms with E-state index in [1.807, 2.05) is 0 Å². The molecule has 31 heavy (non-hydrogen) atoms. The number of hydrogen-bond acceptors (Lipinski definition) is 6. The van der Waals surface area contributed by atoms with Crippen molar-refractivity contribution in [2.75, 3.05) is 6.54 Å². The van der Waals surface area contributed by atoms with Gasteiger partial charge in [-0.05, 0) is 54.1 Å². The molecule has 0 atom stereocenters. The van der Waals surface area contributed by atoms with Crippen LogP contribution in [0, 0.1) is 0 Å². The maximum atomic E-state index is 12.3. The summed E-state index contributed by atoms with van der Waals surface area (Å²) in [5.41, 5.74) is 1.23. The van der Waals surface area contributed by atoms with Crippen molar-refractivity contribution in [3.8, 4) is 0 Å². The van der Waals surface area contributed by atoms with Gasteiger partial charge in [0.15, 0.2) is 0 Å². The van der Waals surface area contributed by atoms with Crippen LogP contribution in [-0.2, 0) is 27.9 Å². The summed E-state index contributed by atoms with van der Waals surface area (Å²) in [5.74, 6) is -0.0972. The van der Waals surface area contributed by atoms with Crippen molar-refractivity contribution in [3.05, 3.63) is 84.1 Å². The summed E-state index contributed by atoms with van der Waals surface area (Å²) in [6.07, 6.45) is 4.88. The lowest BCUT2D eigenvalue weighted by molar-refractivity contribution is -0.121. The van der Waals surface area contributed by atoms with Crippen LogP contribution < -0.4 is 15.4 Å². The molecule has 0 aliphatic carbocycles. The quantitative estimate of drug-likeness (QED) is 0.437. The van der Waals surface area contributed by atoms with Gasteiger partial charge in [0.2, 0.25) is 15.9 Å². The Morgan fingerprint density at radius 2 is 1.68 bits per heavy atom.